The van der Waals surface area contributed by atoms with Crippen molar-refractivity contribution < 1.29 is 9.53 Å². The van der Waals surface area contributed by atoms with Gasteiger partial charge in [0.15, 0.2) is 0 Å². The minimum atomic E-state index is -0.205. The number of hydrogen-bond donors (Lipinski definition) is 0. The maximum atomic E-state index is 12.5. The summed E-state index contributed by atoms with van der Waals surface area (Å²) < 4.78 is 7.62. The number of carbonyl (C=O) groups excluding carboxylic acids is 1. The summed E-state index contributed by atoms with van der Waals surface area (Å²) in [7, 11) is 0. The lowest BCUT2D eigenvalue weighted by Crippen LogP contribution is -2.57. The lowest BCUT2D eigenvalue weighted by molar-refractivity contribution is -0.156. The molecule has 3 aliphatic carbocycles. The molecule has 1 aromatic heterocycles. The minimum absolute atomic E-state index is 0.0547. The van der Waals surface area contributed by atoms with Gasteiger partial charge in [-0.1, -0.05) is 32.9 Å². The van der Waals surface area contributed by atoms with Crippen molar-refractivity contribution in [3.63, 3.8) is 0 Å². The third-order valence-electron chi connectivity index (χ3n) is 6.54. The molecule has 2 aromatic rings. The lowest BCUT2D eigenvalue weighted by Gasteiger charge is -2.61. The molecule has 3 aliphatic rings. The molecule has 4 atom stereocenters. The van der Waals surface area contributed by atoms with E-state index in [1.54, 1.807) is 11.0 Å². The zero-order valence-electron chi connectivity index (χ0n) is 15.1. The maximum Gasteiger partial charge on any atom is 0.338 e. The van der Waals surface area contributed by atoms with E-state index >= 15 is 0 Å². The number of nitrogens with zero attached hydrogens (tertiary/aromatic N) is 3. The predicted molar refractivity (Wildman–Crippen MR) is 93.9 cm³/mol. The van der Waals surface area contributed by atoms with Crippen LogP contribution in [0.4, 0.5) is 0 Å². The number of rotatable bonds is 4. The lowest BCUT2D eigenvalue weighted by atomic mass is 9.45. The normalized spacial score (nSPS) is 29.7. The summed E-state index contributed by atoms with van der Waals surface area (Å²) in [5.41, 5.74) is 2.11. The predicted octanol–water partition coefficient (Wildman–Crippen LogP) is 3.55. The SMILES string of the molecule is C[C@H]1[C@H]2C[C@H](C[C@H]1OC(=O)c1ccc(Cn3cncn3)cc1)C2(C)C. The Kier molecular flexibility index (Phi) is 3.89. The Morgan fingerprint density at radius 1 is 1.28 bits per heavy atom. The van der Waals surface area contributed by atoms with E-state index in [0.717, 1.165) is 12.0 Å². The van der Waals surface area contributed by atoms with Crippen LogP contribution in [0.15, 0.2) is 36.9 Å². The van der Waals surface area contributed by atoms with Gasteiger partial charge in [0.2, 0.25) is 0 Å². The molecule has 1 heterocycles. The Labute approximate surface area is 148 Å². The van der Waals surface area contributed by atoms with Gasteiger partial charge in [-0.05, 0) is 53.7 Å². The molecule has 5 rings (SSSR count). The van der Waals surface area contributed by atoms with E-state index in [4.69, 9.17) is 4.74 Å². The Balaban J connectivity index is 1.38. The summed E-state index contributed by atoms with van der Waals surface area (Å²) in [6.45, 7) is 7.59. The highest BCUT2D eigenvalue weighted by Crippen LogP contribution is 2.61. The molecule has 0 aliphatic heterocycles. The van der Waals surface area contributed by atoms with Gasteiger partial charge in [0.25, 0.3) is 0 Å². The molecule has 5 nitrogen and oxygen atoms in total. The Morgan fingerprint density at radius 3 is 2.64 bits per heavy atom. The van der Waals surface area contributed by atoms with Gasteiger partial charge in [-0.2, -0.15) is 5.10 Å². The summed E-state index contributed by atoms with van der Waals surface area (Å²) in [5, 5.41) is 4.09. The molecule has 0 unspecified atom stereocenters. The molecule has 3 saturated carbocycles. The van der Waals surface area contributed by atoms with Gasteiger partial charge < -0.3 is 4.74 Å². The fourth-order valence-electron chi connectivity index (χ4n) is 4.71. The molecule has 3 fully saturated rings. The van der Waals surface area contributed by atoms with E-state index in [-0.39, 0.29) is 12.1 Å². The van der Waals surface area contributed by atoms with Crippen LogP contribution in [0.3, 0.4) is 0 Å². The molecule has 0 saturated heterocycles. The summed E-state index contributed by atoms with van der Waals surface area (Å²) in [5.74, 6) is 1.60. The maximum absolute atomic E-state index is 12.5. The van der Waals surface area contributed by atoms with Crippen LogP contribution in [0.2, 0.25) is 0 Å². The highest BCUT2D eigenvalue weighted by Gasteiger charge is 2.57. The third kappa shape index (κ3) is 2.86. The first-order valence-electron chi connectivity index (χ1n) is 9.07. The van der Waals surface area contributed by atoms with Crippen LogP contribution in [0, 0.1) is 23.2 Å². The molecule has 132 valence electrons. The first kappa shape index (κ1) is 16.3. The summed E-state index contributed by atoms with van der Waals surface area (Å²) in [6, 6.07) is 7.58. The molecule has 0 amide bonds. The van der Waals surface area contributed by atoms with Crippen LogP contribution in [0.1, 0.15) is 49.5 Å². The van der Waals surface area contributed by atoms with Gasteiger partial charge >= 0.3 is 5.97 Å². The van der Waals surface area contributed by atoms with Crippen molar-refractivity contribution >= 4 is 5.97 Å². The van der Waals surface area contributed by atoms with Gasteiger partial charge in [0, 0.05) is 0 Å². The van der Waals surface area contributed by atoms with Crippen LogP contribution < -0.4 is 0 Å². The number of benzene rings is 1. The minimum Gasteiger partial charge on any atom is -0.458 e. The highest BCUT2D eigenvalue weighted by atomic mass is 16.5. The zero-order valence-corrected chi connectivity index (χ0v) is 15.1. The van der Waals surface area contributed by atoms with Crippen molar-refractivity contribution in [2.24, 2.45) is 23.2 Å². The van der Waals surface area contributed by atoms with Gasteiger partial charge in [0.1, 0.15) is 18.8 Å². The monoisotopic (exact) mass is 339 g/mol. The number of aromatic nitrogens is 3. The first-order chi connectivity index (χ1) is 11.9. The standard InChI is InChI=1S/C20H25N3O2/c1-13-17-8-16(20(17,2)3)9-18(13)25-19(24)15-6-4-14(5-7-15)10-23-12-21-11-22-23/h4-7,11-13,16-18H,8-10H2,1-3H3/t13-,16+,17+,18+/m0/s1. The first-order valence-corrected chi connectivity index (χ1v) is 9.07. The third-order valence-corrected chi connectivity index (χ3v) is 6.54. The second kappa shape index (κ2) is 5.97. The molecule has 0 radical (unpaired) electrons. The van der Waals surface area contributed by atoms with Gasteiger partial charge in [-0.15, -0.1) is 0 Å². The fraction of sp³-hybridized carbons (Fsp3) is 0.550. The van der Waals surface area contributed by atoms with Crippen molar-refractivity contribution in [1.29, 1.82) is 0 Å². The Bertz CT molecular complexity index is 752. The van der Waals surface area contributed by atoms with E-state index in [1.807, 2.05) is 24.3 Å². The topological polar surface area (TPSA) is 57.0 Å². The molecule has 1 aromatic carbocycles. The smallest absolute Gasteiger partial charge is 0.338 e. The highest BCUT2D eigenvalue weighted by molar-refractivity contribution is 5.89. The van der Waals surface area contributed by atoms with Crippen molar-refractivity contribution in [2.45, 2.75) is 46.3 Å². The van der Waals surface area contributed by atoms with Crippen LogP contribution in [-0.2, 0) is 11.3 Å². The molecule has 2 bridgehead atoms. The summed E-state index contributed by atoms with van der Waals surface area (Å²) >= 11 is 0. The summed E-state index contributed by atoms with van der Waals surface area (Å²) in [6.07, 6.45) is 5.54. The van der Waals surface area contributed by atoms with Crippen molar-refractivity contribution in [1.82, 2.24) is 14.8 Å². The Morgan fingerprint density at radius 2 is 2.04 bits per heavy atom. The van der Waals surface area contributed by atoms with Crippen molar-refractivity contribution in [3.8, 4) is 0 Å². The number of hydrogen-bond acceptors (Lipinski definition) is 4. The second-order valence-corrected chi connectivity index (χ2v) is 8.19. The molecule has 0 N–H and O–H groups in total. The van der Waals surface area contributed by atoms with Gasteiger partial charge in [-0.3, -0.25) is 0 Å². The van der Waals surface area contributed by atoms with E-state index in [1.165, 1.54) is 12.7 Å². The number of ether oxygens (including phenoxy) is 1. The fourth-order valence-corrected chi connectivity index (χ4v) is 4.71. The average Bonchev–Trinajstić information content (AvgIpc) is 3.09. The molecule has 25 heavy (non-hydrogen) atoms. The average molecular weight is 339 g/mol. The van der Waals surface area contributed by atoms with Crippen LogP contribution >= 0.6 is 0 Å². The van der Waals surface area contributed by atoms with Crippen LogP contribution in [0.5, 0.6) is 0 Å². The number of carbonyl (C=O) groups is 1. The molecular formula is C20H25N3O2. The summed E-state index contributed by atoms with van der Waals surface area (Å²) in [4.78, 5) is 16.5. The zero-order chi connectivity index (χ0) is 17.6. The van der Waals surface area contributed by atoms with E-state index < -0.39 is 0 Å². The van der Waals surface area contributed by atoms with Crippen molar-refractivity contribution in [3.05, 3.63) is 48.0 Å². The van der Waals surface area contributed by atoms with Gasteiger partial charge in [0.05, 0.1) is 12.1 Å². The van der Waals surface area contributed by atoms with Crippen molar-refractivity contribution in [2.75, 3.05) is 0 Å². The number of fused-ring (bicyclic) bond motifs is 2. The Hall–Kier alpha value is -2.17. The van der Waals surface area contributed by atoms with Crippen LogP contribution in [-0.4, -0.2) is 26.8 Å². The second-order valence-electron chi connectivity index (χ2n) is 8.19. The molecule has 5 heteroatoms. The van der Waals surface area contributed by atoms with E-state index in [0.29, 0.717) is 35.3 Å². The molecular weight excluding hydrogens is 314 g/mol. The van der Waals surface area contributed by atoms with E-state index in [2.05, 4.69) is 30.9 Å². The largest absolute Gasteiger partial charge is 0.458 e. The quantitative estimate of drug-likeness (QED) is 0.799. The molecule has 0 spiro atoms. The number of esters is 1. The van der Waals surface area contributed by atoms with Gasteiger partial charge in [-0.25, -0.2) is 14.5 Å². The van der Waals surface area contributed by atoms with E-state index in [9.17, 15) is 4.79 Å². The van der Waals surface area contributed by atoms with Crippen LogP contribution in [0.25, 0.3) is 0 Å².